The van der Waals surface area contributed by atoms with E-state index in [1.807, 2.05) is 34.2 Å². The SMILES string of the molecule is CCCCc1ncc(/C=C(/C(=O)Oc2ccc(CO[N+](=O)[O-])cc2)c2cccs2)n1Cc1ccc(C(=O)Oc2ccc(CO[N+](=O)[O-])cc2)cc1. The zero-order valence-electron chi connectivity index (χ0n) is 27.3. The van der Waals surface area contributed by atoms with Crippen LogP contribution in [0.4, 0.5) is 0 Å². The number of hydrogen-bond donors (Lipinski definition) is 0. The van der Waals surface area contributed by atoms with E-state index < -0.39 is 22.1 Å². The largest absolute Gasteiger partial charge is 0.423 e. The van der Waals surface area contributed by atoms with Gasteiger partial charge in [0.1, 0.15) is 30.5 Å². The topological polar surface area (TPSA) is 175 Å². The number of hydrogen-bond acceptors (Lipinski definition) is 12. The Hall–Kier alpha value is -6.35. The molecule has 14 nitrogen and oxygen atoms in total. The molecule has 2 heterocycles. The van der Waals surface area contributed by atoms with Gasteiger partial charge in [-0.15, -0.1) is 31.6 Å². The first kappa shape index (κ1) is 35.9. The maximum absolute atomic E-state index is 13.6. The van der Waals surface area contributed by atoms with Crippen LogP contribution in [0.2, 0.25) is 0 Å². The van der Waals surface area contributed by atoms with E-state index in [-0.39, 0.29) is 24.7 Å². The van der Waals surface area contributed by atoms with Crippen molar-refractivity contribution in [1.82, 2.24) is 9.55 Å². The highest BCUT2D eigenvalue weighted by molar-refractivity contribution is 7.11. The van der Waals surface area contributed by atoms with E-state index in [2.05, 4.69) is 21.6 Å². The Morgan fingerprint density at radius 1 is 0.824 bits per heavy atom. The first-order valence-electron chi connectivity index (χ1n) is 15.7. The van der Waals surface area contributed by atoms with Gasteiger partial charge in [0.05, 0.1) is 23.0 Å². The quantitative estimate of drug-likeness (QED) is 0.0316. The van der Waals surface area contributed by atoms with E-state index in [1.54, 1.807) is 60.8 Å². The summed E-state index contributed by atoms with van der Waals surface area (Å²) in [7, 11) is 0. The molecule has 262 valence electrons. The van der Waals surface area contributed by atoms with Crippen molar-refractivity contribution in [3.05, 3.63) is 155 Å². The van der Waals surface area contributed by atoms with Gasteiger partial charge in [-0.25, -0.2) is 14.6 Å². The molecule has 0 saturated carbocycles. The number of esters is 2. The number of benzene rings is 3. The molecule has 0 aliphatic rings. The number of aromatic nitrogens is 2. The van der Waals surface area contributed by atoms with Crippen LogP contribution in [0.5, 0.6) is 11.5 Å². The molecule has 51 heavy (non-hydrogen) atoms. The summed E-state index contributed by atoms with van der Waals surface area (Å²) in [6.07, 6.45) is 6.06. The summed E-state index contributed by atoms with van der Waals surface area (Å²) in [5, 5.41) is 21.0. The van der Waals surface area contributed by atoms with E-state index in [1.165, 1.54) is 23.5 Å². The summed E-state index contributed by atoms with van der Waals surface area (Å²) in [5.41, 5.74) is 3.32. The van der Waals surface area contributed by atoms with Crippen LogP contribution in [0.1, 0.15) is 63.2 Å². The molecule has 0 atom stereocenters. The van der Waals surface area contributed by atoms with Crippen LogP contribution >= 0.6 is 11.3 Å². The van der Waals surface area contributed by atoms with Crippen molar-refractivity contribution in [1.29, 1.82) is 0 Å². The van der Waals surface area contributed by atoms with E-state index in [4.69, 9.17) is 9.47 Å². The number of ether oxygens (including phenoxy) is 2. The second-order valence-corrected chi connectivity index (χ2v) is 12.0. The van der Waals surface area contributed by atoms with Crippen LogP contribution in [0.25, 0.3) is 11.6 Å². The Morgan fingerprint density at radius 2 is 1.41 bits per heavy atom. The summed E-state index contributed by atoms with van der Waals surface area (Å²) in [6.45, 7) is 2.07. The summed E-state index contributed by atoms with van der Waals surface area (Å²) in [6, 6.07) is 23.1. The lowest BCUT2D eigenvalue weighted by molar-refractivity contribution is -0.763. The Labute approximate surface area is 295 Å². The molecule has 15 heteroatoms. The molecule has 0 unspecified atom stereocenters. The molecular formula is C36H32N4O10S. The van der Waals surface area contributed by atoms with Crippen molar-refractivity contribution < 1.29 is 38.9 Å². The highest BCUT2D eigenvalue weighted by Crippen LogP contribution is 2.27. The van der Waals surface area contributed by atoms with Crippen LogP contribution < -0.4 is 9.47 Å². The average Bonchev–Trinajstić information content (AvgIpc) is 3.79. The molecule has 0 fully saturated rings. The average molecular weight is 713 g/mol. The van der Waals surface area contributed by atoms with Crippen LogP contribution in [-0.4, -0.2) is 31.7 Å². The zero-order chi connectivity index (χ0) is 36.2. The standard InChI is InChI=1S/C36H32N4O10S/c1-2-3-6-34-37-21-29(20-32(33-5-4-19-51-33)36(42)50-31-17-11-27(12-18-31)24-48-40(45)46)38(34)22-25-7-13-28(14-8-25)35(41)49-30-15-9-26(10-16-30)23-47-39(43)44/h4-5,7-21H,2-3,6,22-24H2,1H3/b32-20+. The molecule has 0 saturated heterocycles. The van der Waals surface area contributed by atoms with Gasteiger partial charge in [0, 0.05) is 17.8 Å². The van der Waals surface area contributed by atoms with Crippen LogP contribution in [-0.2, 0) is 40.6 Å². The minimum absolute atomic E-state index is 0.210. The molecule has 2 aromatic heterocycles. The molecule has 0 amide bonds. The Kier molecular flexibility index (Phi) is 12.2. The summed E-state index contributed by atoms with van der Waals surface area (Å²) >= 11 is 1.39. The highest BCUT2D eigenvalue weighted by Gasteiger charge is 2.19. The normalized spacial score (nSPS) is 11.1. The second kappa shape index (κ2) is 17.3. The number of thiophene rings is 1. The highest BCUT2D eigenvalue weighted by atomic mass is 32.1. The molecule has 5 aromatic rings. The smallest absolute Gasteiger partial charge is 0.345 e. The number of nitrogens with zero attached hydrogens (tertiary/aromatic N) is 4. The predicted molar refractivity (Wildman–Crippen MR) is 186 cm³/mol. The molecule has 0 aliphatic heterocycles. The first-order valence-corrected chi connectivity index (χ1v) is 16.6. The van der Waals surface area contributed by atoms with Crippen molar-refractivity contribution in [2.75, 3.05) is 0 Å². The summed E-state index contributed by atoms with van der Waals surface area (Å²) in [4.78, 5) is 61.4. The fourth-order valence-corrected chi connectivity index (χ4v) is 5.62. The minimum atomic E-state index is -0.875. The molecule has 0 radical (unpaired) electrons. The van der Waals surface area contributed by atoms with E-state index in [0.29, 0.717) is 39.4 Å². The van der Waals surface area contributed by atoms with Crippen molar-refractivity contribution in [2.45, 2.75) is 45.9 Å². The molecular weight excluding hydrogens is 680 g/mol. The van der Waals surface area contributed by atoms with Gasteiger partial charge in [0.25, 0.3) is 10.2 Å². The van der Waals surface area contributed by atoms with Crippen molar-refractivity contribution in [3.8, 4) is 11.5 Å². The molecule has 0 N–H and O–H groups in total. The predicted octanol–water partition coefficient (Wildman–Crippen LogP) is 7.12. The molecule has 0 bridgehead atoms. The van der Waals surface area contributed by atoms with Crippen molar-refractivity contribution in [2.24, 2.45) is 0 Å². The fourth-order valence-electron chi connectivity index (χ4n) is 4.89. The molecule has 0 aliphatic carbocycles. The van der Waals surface area contributed by atoms with Gasteiger partial charge in [-0.05, 0) is 77.0 Å². The second-order valence-electron chi connectivity index (χ2n) is 11.1. The first-order chi connectivity index (χ1) is 24.7. The maximum atomic E-state index is 13.6. The van der Waals surface area contributed by atoms with Gasteiger partial charge in [-0.3, -0.25) is 0 Å². The molecule has 5 rings (SSSR count). The maximum Gasteiger partial charge on any atom is 0.345 e. The Morgan fingerprint density at radius 3 is 1.96 bits per heavy atom. The van der Waals surface area contributed by atoms with E-state index in [0.717, 1.165) is 30.7 Å². The Bertz CT molecular complexity index is 1990. The number of imidazole rings is 1. The fraction of sp³-hybridized carbons (Fsp3) is 0.194. The van der Waals surface area contributed by atoms with Gasteiger partial charge in [-0.1, -0.05) is 55.8 Å². The van der Waals surface area contributed by atoms with Crippen LogP contribution in [0.3, 0.4) is 0 Å². The van der Waals surface area contributed by atoms with Crippen LogP contribution in [0.15, 0.2) is 96.5 Å². The van der Waals surface area contributed by atoms with Crippen molar-refractivity contribution in [3.63, 3.8) is 0 Å². The number of aryl methyl sites for hydroxylation is 1. The monoisotopic (exact) mass is 712 g/mol. The lowest BCUT2D eigenvalue weighted by Crippen LogP contribution is -2.12. The number of unbranched alkanes of at least 4 members (excludes halogenated alkanes) is 1. The summed E-state index contributed by atoms with van der Waals surface area (Å²) in [5.74, 6) is 0.234. The lowest BCUT2D eigenvalue weighted by atomic mass is 10.1. The molecule has 3 aromatic carbocycles. The van der Waals surface area contributed by atoms with Gasteiger partial charge in [0.2, 0.25) is 0 Å². The van der Waals surface area contributed by atoms with E-state index >= 15 is 0 Å². The lowest BCUT2D eigenvalue weighted by Gasteiger charge is -2.13. The third-order valence-electron chi connectivity index (χ3n) is 7.49. The third-order valence-corrected chi connectivity index (χ3v) is 8.40. The Balaban J connectivity index is 1.33. The van der Waals surface area contributed by atoms with E-state index in [9.17, 15) is 29.8 Å². The minimum Gasteiger partial charge on any atom is -0.423 e. The zero-order valence-corrected chi connectivity index (χ0v) is 28.2. The molecule has 0 spiro atoms. The van der Waals surface area contributed by atoms with Gasteiger partial charge < -0.3 is 23.7 Å². The number of rotatable bonds is 17. The van der Waals surface area contributed by atoms with Gasteiger partial charge in [0.15, 0.2) is 0 Å². The summed E-state index contributed by atoms with van der Waals surface area (Å²) < 4.78 is 13.2. The third kappa shape index (κ3) is 10.3. The van der Waals surface area contributed by atoms with Crippen LogP contribution in [0, 0.1) is 20.2 Å². The van der Waals surface area contributed by atoms with Crippen molar-refractivity contribution >= 4 is 34.9 Å². The number of carbonyl (C=O) groups excluding carboxylic acids is 2. The number of carbonyl (C=O) groups is 2. The van der Waals surface area contributed by atoms with Gasteiger partial charge in [-0.2, -0.15) is 0 Å². The van der Waals surface area contributed by atoms with Gasteiger partial charge >= 0.3 is 11.9 Å².